The van der Waals surface area contributed by atoms with E-state index in [9.17, 15) is 4.79 Å². The summed E-state index contributed by atoms with van der Waals surface area (Å²) in [6.45, 7) is 0.923. The van der Waals surface area contributed by atoms with Gasteiger partial charge in [-0.15, -0.1) is 10.2 Å². The molecular formula is C9H13N3O2. The Morgan fingerprint density at radius 3 is 3.36 bits per heavy atom. The Hall–Kier alpha value is -1.39. The summed E-state index contributed by atoms with van der Waals surface area (Å²) in [5, 5.41) is 16.4. The third-order valence-electron chi connectivity index (χ3n) is 2.71. The van der Waals surface area contributed by atoms with E-state index in [1.807, 2.05) is 4.57 Å². The minimum absolute atomic E-state index is 0.263. The zero-order valence-corrected chi connectivity index (χ0v) is 7.89. The minimum atomic E-state index is -0.711. The molecule has 76 valence electrons. The predicted molar refractivity (Wildman–Crippen MR) is 48.7 cm³/mol. The van der Waals surface area contributed by atoms with Crippen LogP contribution in [0.3, 0.4) is 0 Å². The van der Waals surface area contributed by atoms with Crippen LogP contribution in [0.4, 0.5) is 0 Å². The molecule has 0 aromatic carbocycles. The van der Waals surface area contributed by atoms with Gasteiger partial charge in [0.15, 0.2) is 0 Å². The zero-order chi connectivity index (χ0) is 9.97. The van der Waals surface area contributed by atoms with Crippen molar-refractivity contribution in [3.63, 3.8) is 0 Å². The van der Waals surface area contributed by atoms with E-state index in [1.54, 1.807) is 6.33 Å². The second-order valence-electron chi connectivity index (χ2n) is 3.73. The third-order valence-corrected chi connectivity index (χ3v) is 2.71. The maximum atomic E-state index is 10.4. The zero-order valence-electron chi connectivity index (χ0n) is 7.89. The van der Waals surface area contributed by atoms with Crippen LogP contribution >= 0.6 is 0 Å². The molecule has 1 aliphatic rings. The maximum Gasteiger partial charge on any atom is 0.303 e. The summed E-state index contributed by atoms with van der Waals surface area (Å²) in [7, 11) is 0. The van der Waals surface area contributed by atoms with Gasteiger partial charge in [0.2, 0.25) is 0 Å². The van der Waals surface area contributed by atoms with Gasteiger partial charge in [-0.05, 0) is 18.8 Å². The molecular weight excluding hydrogens is 182 g/mol. The van der Waals surface area contributed by atoms with Gasteiger partial charge in [0.05, 0.1) is 0 Å². The van der Waals surface area contributed by atoms with E-state index in [2.05, 4.69) is 10.2 Å². The Morgan fingerprint density at radius 2 is 2.57 bits per heavy atom. The number of hydrogen-bond acceptors (Lipinski definition) is 3. The van der Waals surface area contributed by atoms with Crippen LogP contribution in [-0.4, -0.2) is 25.8 Å². The highest BCUT2D eigenvalue weighted by Gasteiger charge is 2.20. The molecule has 1 N–H and O–H groups in total. The van der Waals surface area contributed by atoms with E-state index >= 15 is 0 Å². The van der Waals surface area contributed by atoms with Gasteiger partial charge < -0.3 is 9.67 Å². The molecule has 5 heteroatoms. The fourth-order valence-corrected chi connectivity index (χ4v) is 1.88. The Balaban J connectivity index is 1.91. The van der Waals surface area contributed by atoms with Gasteiger partial charge >= 0.3 is 5.97 Å². The number of carboxylic acids is 1. The van der Waals surface area contributed by atoms with Crippen molar-refractivity contribution in [2.45, 2.75) is 32.2 Å². The largest absolute Gasteiger partial charge is 0.481 e. The minimum Gasteiger partial charge on any atom is -0.481 e. The fraction of sp³-hybridized carbons (Fsp3) is 0.667. The normalized spacial score (nSPS) is 20.4. The summed E-state index contributed by atoms with van der Waals surface area (Å²) in [4.78, 5) is 10.4. The number of carboxylic acid groups (broad SMARTS) is 1. The van der Waals surface area contributed by atoms with E-state index in [0.717, 1.165) is 31.6 Å². The van der Waals surface area contributed by atoms with Crippen LogP contribution in [0.2, 0.25) is 0 Å². The Kier molecular flexibility index (Phi) is 2.47. The molecule has 0 fully saturated rings. The lowest BCUT2D eigenvalue weighted by atomic mass is 9.93. The first kappa shape index (κ1) is 9.18. The number of rotatable bonds is 3. The summed E-state index contributed by atoms with van der Waals surface area (Å²) in [6.07, 6.45) is 4.66. The monoisotopic (exact) mass is 195 g/mol. The van der Waals surface area contributed by atoms with Crippen LogP contribution in [0.25, 0.3) is 0 Å². The first-order valence-corrected chi connectivity index (χ1v) is 4.84. The van der Waals surface area contributed by atoms with Crippen molar-refractivity contribution in [2.75, 3.05) is 0 Å². The van der Waals surface area contributed by atoms with Crippen molar-refractivity contribution in [3.8, 4) is 0 Å². The topological polar surface area (TPSA) is 68.0 Å². The molecule has 1 unspecified atom stereocenters. The van der Waals surface area contributed by atoms with Crippen LogP contribution in [-0.2, 0) is 17.8 Å². The average Bonchev–Trinajstić information content (AvgIpc) is 2.61. The van der Waals surface area contributed by atoms with Crippen molar-refractivity contribution < 1.29 is 9.90 Å². The molecule has 1 atom stereocenters. The second kappa shape index (κ2) is 3.77. The van der Waals surface area contributed by atoms with Crippen LogP contribution in [0.1, 0.15) is 25.1 Å². The highest BCUT2D eigenvalue weighted by Crippen LogP contribution is 2.22. The van der Waals surface area contributed by atoms with Gasteiger partial charge in [-0.1, -0.05) is 0 Å². The lowest BCUT2D eigenvalue weighted by Crippen LogP contribution is -2.19. The summed E-state index contributed by atoms with van der Waals surface area (Å²) in [5.41, 5.74) is 0. The van der Waals surface area contributed by atoms with Crippen molar-refractivity contribution in [2.24, 2.45) is 5.92 Å². The van der Waals surface area contributed by atoms with Crippen molar-refractivity contribution in [1.82, 2.24) is 14.8 Å². The first-order chi connectivity index (χ1) is 6.75. The maximum absolute atomic E-state index is 10.4. The molecule has 1 aromatic heterocycles. The fourth-order valence-electron chi connectivity index (χ4n) is 1.88. The lowest BCUT2D eigenvalue weighted by molar-refractivity contribution is -0.137. The summed E-state index contributed by atoms with van der Waals surface area (Å²) in [6, 6.07) is 0. The van der Waals surface area contributed by atoms with E-state index < -0.39 is 5.97 Å². The van der Waals surface area contributed by atoms with Crippen LogP contribution in [0.5, 0.6) is 0 Å². The molecule has 0 amide bonds. The first-order valence-electron chi connectivity index (χ1n) is 4.84. The standard InChI is InChI=1S/C9H13N3O2/c13-9(14)2-1-7-3-4-12-6-10-11-8(12)5-7/h6-7H,1-5H2,(H,13,14). The molecule has 2 heterocycles. The molecule has 0 saturated carbocycles. The number of aromatic nitrogens is 3. The lowest BCUT2D eigenvalue weighted by Gasteiger charge is -2.21. The van der Waals surface area contributed by atoms with Crippen molar-refractivity contribution >= 4 is 5.97 Å². The molecule has 1 aliphatic heterocycles. The Labute approximate surface area is 81.8 Å². The number of hydrogen-bond donors (Lipinski definition) is 1. The van der Waals surface area contributed by atoms with Gasteiger partial charge in [-0.25, -0.2) is 0 Å². The molecule has 5 nitrogen and oxygen atoms in total. The van der Waals surface area contributed by atoms with E-state index in [4.69, 9.17) is 5.11 Å². The number of aliphatic carboxylic acids is 1. The van der Waals surface area contributed by atoms with Crippen LogP contribution < -0.4 is 0 Å². The van der Waals surface area contributed by atoms with E-state index in [1.165, 1.54) is 0 Å². The van der Waals surface area contributed by atoms with Gasteiger partial charge in [0, 0.05) is 19.4 Å². The molecule has 0 aliphatic carbocycles. The molecule has 0 spiro atoms. The number of carbonyl (C=O) groups is 1. The quantitative estimate of drug-likeness (QED) is 0.771. The molecule has 14 heavy (non-hydrogen) atoms. The molecule has 0 bridgehead atoms. The SMILES string of the molecule is O=C(O)CCC1CCn2cnnc2C1. The highest BCUT2D eigenvalue weighted by atomic mass is 16.4. The van der Waals surface area contributed by atoms with Gasteiger partial charge in [0.25, 0.3) is 0 Å². The van der Waals surface area contributed by atoms with Crippen LogP contribution in [0, 0.1) is 5.92 Å². The molecule has 2 rings (SSSR count). The molecule has 0 radical (unpaired) electrons. The third kappa shape index (κ3) is 1.92. The average molecular weight is 195 g/mol. The second-order valence-corrected chi connectivity index (χ2v) is 3.73. The number of nitrogens with zero attached hydrogens (tertiary/aromatic N) is 3. The Morgan fingerprint density at radius 1 is 1.71 bits per heavy atom. The Bertz CT molecular complexity index is 335. The number of fused-ring (bicyclic) bond motifs is 1. The van der Waals surface area contributed by atoms with E-state index in [0.29, 0.717) is 5.92 Å². The highest BCUT2D eigenvalue weighted by molar-refractivity contribution is 5.66. The molecule has 1 aromatic rings. The number of aryl methyl sites for hydroxylation is 1. The van der Waals surface area contributed by atoms with Gasteiger partial charge in [-0.2, -0.15) is 0 Å². The summed E-state index contributed by atoms with van der Waals surface area (Å²) >= 11 is 0. The van der Waals surface area contributed by atoms with Crippen molar-refractivity contribution in [1.29, 1.82) is 0 Å². The van der Waals surface area contributed by atoms with Gasteiger partial charge in [0.1, 0.15) is 12.2 Å². The smallest absolute Gasteiger partial charge is 0.303 e. The molecule has 0 saturated heterocycles. The van der Waals surface area contributed by atoms with E-state index in [-0.39, 0.29) is 6.42 Å². The van der Waals surface area contributed by atoms with Crippen molar-refractivity contribution in [3.05, 3.63) is 12.2 Å². The van der Waals surface area contributed by atoms with Gasteiger partial charge in [-0.3, -0.25) is 4.79 Å². The van der Waals surface area contributed by atoms with Crippen LogP contribution in [0.15, 0.2) is 6.33 Å². The summed E-state index contributed by atoms with van der Waals surface area (Å²) < 4.78 is 2.04. The predicted octanol–water partition coefficient (Wildman–Crippen LogP) is 0.705. The summed E-state index contributed by atoms with van der Waals surface area (Å²) in [5.74, 6) is 0.742.